The van der Waals surface area contributed by atoms with E-state index in [1.807, 2.05) is 49.3 Å². The van der Waals surface area contributed by atoms with E-state index in [0.717, 1.165) is 62.7 Å². The van der Waals surface area contributed by atoms with E-state index in [4.69, 9.17) is 4.98 Å². The van der Waals surface area contributed by atoms with Crippen molar-refractivity contribution in [3.8, 4) is 11.1 Å². The molecule has 0 saturated carbocycles. The van der Waals surface area contributed by atoms with Crippen LogP contribution in [0, 0.1) is 13.8 Å². The number of benzene rings is 1. The molecule has 1 fully saturated rings. The van der Waals surface area contributed by atoms with E-state index < -0.39 is 0 Å². The van der Waals surface area contributed by atoms with Crippen LogP contribution in [0.15, 0.2) is 49.1 Å². The molecule has 4 aromatic rings. The van der Waals surface area contributed by atoms with Crippen LogP contribution >= 0.6 is 11.3 Å². The van der Waals surface area contributed by atoms with Crippen molar-refractivity contribution in [2.45, 2.75) is 32.6 Å². The molecule has 1 saturated heterocycles. The zero-order valence-electron chi connectivity index (χ0n) is 17.6. The lowest BCUT2D eigenvalue weighted by Gasteiger charge is -2.33. The molecule has 31 heavy (non-hydrogen) atoms. The predicted molar refractivity (Wildman–Crippen MR) is 122 cm³/mol. The number of pyridine rings is 1. The molecule has 1 aromatic carbocycles. The fourth-order valence-corrected chi connectivity index (χ4v) is 5.14. The number of aromatic nitrogens is 4. The third-order valence-corrected chi connectivity index (χ3v) is 6.67. The van der Waals surface area contributed by atoms with Crippen LogP contribution in [0.2, 0.25) is 0 Å². The van der Waals surface area contributed by atoms with Gasteiger partial charge in [0.15, 0.2) is 0 Å². The average Bonchev–Trinajstić information content (AvgIpc) is 3.18. The zero-order chi connectivity index (χ0) is 21.4. The van der Waals surface area contributed by atoms with E-state index in [1.165, 1.54) is 6.33 Å². The summed E-state index contributed by atoms with van der Waals surface area (Å²) in [6, 6.07) is 10.00. The van der Waals surface area contributed by atoms with E-state index in [9.17, 15) is 4.79 Å². The number of fused-ring (bicyclic) bond motifs is 1. The molecule has 1 atom stereocenters. The molecular formula is C24H23N5OS. The minimum absolute atomic E-state index is 0.0852. The summed E-state index contributed by atoms with van der Waals surface area (Å²) in [6.07, 6.45) is 7.17. The molecule has 7 heteroatoms. The largest absolute Gasteiger partial charge is 0.338 e. The quantitative estimate of drug-likeness (QED) is 0.468. The van der Waals surface area contributed by atoms with Crippen molar-refractivity contribution in [3.05, 3.63) is 71.0 Å². The number of nitrogens with zero attached hydrogens (tertiary/aromatic N) is 5. The third kappa shape index (κ3) is 4.05. The van der Waals surface area contributed by atoms with Gasteiger partial charge in [0.25, 0.3) is 5.91 Å². The smallest absolute Gasteiger partial charge is 0.253 e. The summed E-state index contributed by atoms with van der Waals surface area (Å²) in [5.41, 5.74) is 5.73. The van der Waals surface area contributed by atoms with Crippen LogP contribution in [0.4, 0.5) is 0 Å². The average molecular weight is 430 g/mol. The summed E-state index contributed by atoms with van der Waals surface area (Å²) >= 11 is 1.63. The van der Waals surface area contributed by atoms with Gasteiger partial charge in [-0.1, -0.05) is 0 Å². The summed E-state index contributed by atoms with van der Waals surface area (Å²) in [7, 11) is 0. The molecule has 1 aliphatic rings. The van der Waals surface area contributed by atoms with E-state index in [2.05, 4.69) is 27.1 Å². The lowest BCUT2D eigenvalue weighted by Crippen LogP contribution is -2.39. The van der Waals surface area contributed by atoms with Crippen molar-refractivity contribution >= 4 is 27.5 Å². The number of amides is 1. The third-order valence-electron chi connectivity index (χ3n) is 5.74. The summed E-state index contributed by atoms with van der Waals surface area (Å²) in [4.78, 5) is 32.8. The van der Waals surface area contributed by atoms with Crippen LogP contribution in [0.25, 0.3) is 21.3 Å². The zero-order valence-corrected chi connectivity index (χ0v) is 18.4. The second kappa shape index (κ2) is 8.15. The van der Waals surface area contributed by atoms with Crippen LogP contribution in [0.1, 0.15) is 45.5 Å². The molecule has 0 spiro atoms. The van der Waals surface area contributed by atoms with Gasteiger partial charge in [-0.25, -0.2) is 15.0 Å². The molecular weight excluding hydrogens is 406 g/mol. The molecule has 0 aliphatic carbocycles. The number of thiazole rings is 1. The van der Waals surface area contributed by atoms with Crippen LogP contribution in [-0.4, -0.2) is 43.8 Å². The maximum Gasteiger partial charge on any atom is 0.253 e. The van der Waals surface area contributed by atoms with E-state index in [-0.39, 0.29) is 11.8 Å². The number of rotatable bonds is 3. The topological polar surface area (TPSA) is 71.9 Å². The van der Waals surface area contributed by atoms with Gasteiger partial charge in [-0.3, -0.25) is 9.78 Å². The molecule has 4 heterocycles. The summed E-state index contributed by atoms with van der Waals surface area (Å²) < 4.78 is 1.06. The number of hydrogen-bond donors (Lipinski definition) is 0. The number of piperidine rings is 1. The van der Waals surface area contributed by atoms with Crippen LogP contribution in [-0.2, 0) is 0 Å². The Bertz CT molecular complexity index is 1250. The van der Waals surface area contributed by atoms with Crippen molar-refractivity contribution < 1.29 is 4.79 Å². The van der Waals surface area contributed by atoms with E-state index in [0.29, 0.717) is 6.54 Å². The Morgan fingerprint density at radius 3 is 2.74 bits per heavy atom. The van der Waals surface area contributed by atoms with Gasteiger partial charge in [0.05, 0.1) is 15.2 Å². The van der Waals surface area contributed by atoms with Crippen molar-refractivity contribution in [1.82, 2.24) is 24.8 Å². The second-order valence-corrected chi connectivity index (χ2v) is 9.29. The normalized spacial score (nSPS) is 16.6. The Morgan fingerprint density at radius 1 is 1.06 bits per heavy atom. The SMILES string of the molecule is Cc1cc(-c2cncnc2)cc([C@H]2CCCN(C(=O)c3ccc4nc(C)sc4c3)C2)n1. The summed E-state index contributed by atoms with van der Waals surface area (Å²) in [6.45, 7) is 5.46. The summed E-state index contributed by atoms with van der Waals surface area (Å²) in [5, 5.41) is 1.02. The van der Waals surface area contributed by atoms with E-state index in [1.54, 1.807) is 11.3 Å². The highest BCUT2D eigenvalue weighted by Crippen LogP contribution is 2.30. The van der Waals surface area contributed by atoms with Gasteiger partial charge in [-0.05, 0) is 62.6 Å². The molecule has 5 rings (SSSR count). The second-order valence-electron chi connectivity index (χ2n) is 8.05. The molecule has 6 nitrogen and oxygen atoms in total. The van der Waals surface area contributed by atoms with Gasteiger partial charge in [0, 0.05) is 53.9 Å². The number of likely N-dealkylation sites (tertiary alicyclic amines) is 1. The highest BCUT2D eigenvalue weighted by Gasteiger charge is 2.27. The number of carbonyl (C=O) groups is 1. The fraction of sp³-hybridized carbons (Fsp3) is 0.292. The Hall–Kier alpha value is -3.19. The van der Waals surface area contributed by atoms with Crippen molar-refractivity contribution in [2.75, 3.05) is 13.1 Å². The molecule has 0 N–H and O–H groups in total. The van der Waals surface area contributed by atoms with Gasteiger partial charge in [0.2, 0.25) is 0 Å². The molecule has 0 radical (unpaired) electrons. The fourth-order valence-electron chi connectivity index (χ4n) is 4.28. The molecule has 0 unspecified atom stereocenters. The van der Waals surface area contributed by atoms with E-state index >= 15 is 0 Å². The monoisotopic (exact) mass is 429 g/mol. The van der Waals surface area contributed by atoms with Crippen LogP contribution in [0.3, 0.4) is 0 Å². The molecule has 3 aromatic heterocycles. The number of hydrogen-bond acceptors (Lipinski definition) is 6. The molecule has 0 bridgehead atoms. The van der Waals surface area contributed by atoms with Gasteiger partial charge in [0.1, 0.15) is 6.33 Å². The molecule has 156 valence electrons. The highest BCUT2D eigenvalue weighted by molar-refractivity contribution is 7.18. The van der Waals surface area contributed by atoms with Crippen molar-refractivity contribution in [1.29, 1.82) is 0 Å². The Labute approximate surface area is 185 Å². The summed E-state index contributed by atoms with van der Waals surface area (Å²) in [5.74, 6) is 0.303. The highest BCUT2D eigenvalue weighted by atomic mass is 32.1. The van der Waals surface area contributed by atoms with Crippen molar-refractivity contribution in [2.24, 2.45) is 0 Å². The van der Waals surface area contributed by atoms with Gasteiger partial charge in [-0.2, -0.15) is 0 Å². The standard InChI is InChI=1S/C24H23N5OS/c1-15-8-19(20-11-25-14-26-12-20)9-22(27-15)18-4-3-7-29(13-18)24(30)17-5-6-21-23(10-17)31-16(2)28-21/h5-6,8-12,14,18H,3-4,7,13H2,1-2H3/t18-/m0/s1. The van der Waals surface area contributed by atoms with Gasteiger partial charge in [-0.15, -0.1) is 11.3 Å². The van der Waals surface area contributed by atoms with Gasteiger partial charge >= 0.3 is 0 Å². The predicted octanol–water partition coefficient (Wildman–Crippen LogP) is 4.78. The minimum atomic E-state index is 0.0852. The van der Waals surface area contributed by atoms with Crippen LogP contribution in [0.5, 0.6) is 0 Å². The molecule has 1 amide bonds. The first-order valence-corrected chi connectivity index (χ1v) is 11.3. The first-order chi connectivity index (χ1) is 15.1. The van der Waals surface area contributed by atoms with Gasteiger partial charge < -0.3 is 4.90 Å². The molecule has 1 aliphatic heterocycles. The Kier molecular flexibility index (Phi) is 5.19. The number of aryl methyl sites for hydroxylation is 2. The Balaban J connectivity index is 1.40. The maximum atomic E-state index is 13.3. The number of carbonyl (C=O) groups excluding carboxylic acids is 1. The Morgan fingerprint density at radius 2 is 1.90 bits per heavy atom. The van der Waals surface area contributed by atoms with Crippen LogP contribution < -0.4 is 0 Å². The first kappa shape index (κ1) is 19.8. The minimum Gasteiger partial charge on any atom is -0.338 e. The first-order valence-electron chi connectivity index (χ1n) is 10.5. The lowest BCUT2D eigenvalue weighted by atomic mass is 9.92. The van der Waals surface area contributed by atoms with Crippen molar-refractivity contribution in [3.63, 3.8) is 0 Å². The maximum absolute atomic E-state index is 13.3. The lowest BCUT2D eigenvalue weighted by molar-refractivity contribution is 0.0706.